The number of benzene rings is 1. The highest BCUT2D eigenvalue weighted by Gasteiger charge is 2.16. The molecule has 3 N–H and O–H groups in total. The molecule has 0 radical (unpaired) electrons. The number of carboxylic acids is 1. The van der Waals surface area contributed by atoms with Crippen LogP contribution in [0.3, 0.4) is 0 Å². The maximum absolute atomic E-state index is 12.2. The second-order valence-corrected chi connectivity index (χ2v) is 4.88. The van der Waals surface area contributed by atoms with Gasteiger partial charge < -0.3 is 15.4 Å². The lowest BCUT2D eigenvalue weighted by atomic mass is 10.1. The molecule has 0 fully saturated rings. The zero-order valence-corrected chi connectivity index (χ0v) is 11.6. The molecule has 2 rings (SSSR count). The molecule has 1 aromatic heterocycles. The summed E-state index contributed by atoms with van der Waals surface area (Å²) >= 11 is 0. The number of aryl methyl sites for hydroxylation is 3. The second-order valence-electron chi connectivity index (χ2n) is 4.88. The fraction of sp³-hybridized carbons (Fsp3) is 0.200. The third-order valence-electron chi connectivity index (χ3n) is 2.90. The molecule has 0 atom stereocenters. The second kappa shape index (κ2) is 5.21. The highest BCUT2D eigenvalue weighted by atomic mass is 16.4. The van der Waals surface area contributed by atoms with E-state index in [4.69, 9.17) is 5.11 Å². The minimum absolute atomic E-state index is 0.0137. The summed E-state index contributed by atoms with van der Waals surface area (Å²) < 4.78 is 0. The van der Waals surface area contributed by atoms with Gasteiger partial charge in [-0.05, 0) is 39.0 Å². The summed E-state index contributed by atoms with van der Waals surface area (Å²) in [6, 6.07) is 7.11. The summed E-state index contributed by atoms with van der Waals surface area (Å²) in [6.45, 7) is 5.55. The average Bonchev–Trinajstić information content (AvgIpc) is 2.69. The van der Waals surface area contributed by atoms with Crippen LogP contribution in [0.4, 0.5) is 5.69 Å². The third-order valence-corrected chi connectivity index (χ3v) is 2.90. The number of hydrogen-bond donors (Lipinski definition) is 3. The Hall–Kier alpha value is -2.56. The van der Waals surface area contributed by atoms with Gasteiger partial charge in [0.1, 0.15) is 5.69 Å². The van der Waals surface area contributed by atoms with Crippen molar-refractivity contribution in [3.05, 3.63) is 52.3 Å². The first-order chi connectivity index (χ1) is 9.36. The van der Waals surface area contributed by atoms with E-state index >= 15 is 0 Å². The van der Waals surface area contributed by atoms with Crippen LogP contribution in [-0.4, -0.2) is 22.0 Å². The van der Waals surface area contributed by atoms with E-state index in [1.165, 1.54) is 0 Å². The number of H-pyrrole nitrogens is 1. The minimum Gasteiger partial charge on any atom is -0.477 e. The van der Waals surface area contributed by atoms with Crippen LogP contribution < -0.4 is 5.32 Å². The van der Waals surface area contributed by atoms with Crippen LogP contribution >= 0.6 is 0 Å². The summed E-state index contributed by atoms with van der Waals surface area (Å²) in [7, 11) is 0. The van der Waals surface area contributed by atoms with Gasteiger partial charge in [-0.2, -0.15) is 0 Å². The van der Waals surface area contributed by atoms with Crippen molar-refractivity contribution in [3.63, 3.8) is 0 Å². The standard InChI is InChI=1S/C15H16N2O3/c1-8-4-9(2)6-11(5-8)14(18)17-12-7-10(3)16-13(12)15(19)20/h4-7,16H,1-3H3,(H,17,18)(H,19,20). The highest BCUT2D eigenvalue weighted by molar-refractivity contribution is 6.07. The molecule has 20 heavy (non-hydrogen) atoms. The number of carbonyl (C=O) groups is 2. The van der Waals surface area contributed by atoms with Crippen LogP contribution in [-0.2, 0) is 0 Å². The molecule has 0 aliphatic rings. The van der Waals surface area contributed by atoms with Gasteiger partial charge in [-0.3, -0.25) is 4.79 Å². The molecule has 0 aliphatic heterocycles. The predicted octanol–water partition coefficient (Wildman–Crippen LogP) is 2.89. The summed E-state index contributed by atoms with van der Waals surface area (Å²) in [6.07, 6.45) is 0. The van der Waals surface area contributed by atoms with Gasteiger partial charge in [-0.1, -0.05) is 17.2 Å². The quantitative estimate of drug-likeness (QED) is 0.803. The van der Waals surface area contributed by atoms with Crippen LogP contribution in [0.25, 0.3) is 0 Å². The number of nitrogens with one attached hydrogen (secondary N) is 2. The Bertz CT molecular complexity index is 666. The van der Waals surface area contributed by atoms with E-state index < -0.39 is 5.97 Å². The predicted molar refractivity (Wildman–Crippen MR) is 76.4 cm³/mol. The highest BCUT2D eigenvalue weighted by Crippen LogP contribution is 2.18. The lowest BCUT2D eigenvalue weighted by Crippen LogP contribution is -2.14. The van der Waals surface area contributed by atoms with E-state index in [-0.39, 0.29) is 17.3 Å². The Morgan fingerprint density at radius 3 is 2.20 bits per heavy atom. The number of carbonyl (C=O) groups excluding carboxylic acids is 1. The molecule has 0 aliphatic carbocycles. The zero-order valence-electron chi connectivity index (χ0n) is 11.6. The summed E-state index contributed by atoms with van der Waals surface area (Å²) in [5.74, 6) is -1.42. The number of aromatic amines is 1. The van der Waals surface area contributed by atoms with Crippen LogP contribution in [0.15, 0.2) is 24.3 Å². The summed E-state index contributed by atoms with van der Waals surface area (Å²) in [4.78, 5) is 26.0. The van der Waals surface area contributed by atoms with Crippen LogP contribution in [0.2, 0.25) is 0 Å². The molecule has 1 aromatic carbocycles. The van der Waals surface area contributed by atoms with Gasteiger partial charge >= 0.3 is 5.97 Å². The van der Waals surface area contributed by atoms with Crippen LogP contribution in [0, 0.1) is 20.8 Å². The molecule has 2 aromatic rings. The zero-order chi connectivity index (χ0) is 14.9. The van der Waals surface area contributed by atoms with Gasteiger partial charge in [0, 0.05) is 11.3 Å². The largest absolute Gasteiger partial charge is 0.477 e. The fourth-order valence-electron chi connectivity index (χ4n) is 2.16. The number of aromatic carboxylic acids is 1. The van der Waals surface area contributed by atoms with Crippen molar-refractivity contribution in [2.75, 3.05) is 5.32 Å². The van der Waals surface area contributed by atoms with E-state index in [1.807, 2.05) is 19.9 Å². The van der Waals surface area contributed by atoms with E-state index in [1.54, 1.807) is 25.1 Å². The Kier molecular flexibility index (Phi) is 3.61. The normalized spacial score (nSPS) is 10.3. The Morgan fingerprint density at radius 1 is 1.05 bits per heavy atom. The first-order valence-corrected chi connectivity index (χ1v) is 6.19. The number of rotatable bonds is 3. The SMILES string of the molecule is Cc1cc(C)cc(C(=O)Nc2cc(C)[nH]c2C(=O)O)c1. The summed E-state index contributed by atoms with van der Waals surface area (Å²) in [5, 5.41) is 11.7. The molecule has 0 bridgehead atoms. The van der Waals surface area contributed by atoms with E-state index in [0.717, 1.165) is 11.1 Å². The first-order valence-electron chi connectivity index (χ1n) is 6.19. The molecule has 0 saturated heterocycles. The Labute approximate surface area is 116 Å². The number of carboxylic acid groups (broad SMARTS) is 1. The smallest absolute Gasteiger partial charge is 0.354 e. The molecular weight excluding hydrogens is 256 g/mol. The Balaban J connectivity index is 2.30. The molecule has 104 valence electrons. The van der Waals surface area contributed by atoms with E-state index in [9.17, 15) is 9.59 Å². The van der Waals surface area contributed by atoms with Crippen molar-refractivity contribution in [1.82, 2.24) is 4.98 Å². The lowest BCUT2D eigenvalue weighted by molar-refractivity contribution is 0.0692. The molecular formula is C15H16N2O3. The number of anilines is 1. The maximum atomic E-state index is 12.2. The molecule has 5 nitrogen and oxygen atoms in total. The van der Waals surface area contributed by atoms with Gasteiger partial charge in [-0.15, -0.1) is 0 Å². The number of aromatic nitrogens is 1. The number of hydrogen-bond acceptors (Lipinski definition) is 2. The van der Waals surface area contributed by atoms with Gasteiger partial charge in [0.2, 0.25) is 0 Å². The molecule has 0 spiro atoms. The van der Waals surface area contributed by atoms with Crippen LogP contribution in [0.1, 0.15) is 37.7 Å². The maximum Gasteiger partial charge on any atom is 0.354 e. The van der Waals surface area contributed by atoms with Crippen molar-refractivity contribution in [2.24, 2.45) is 0 Å². The van der Waals surface area contributed by atoms with Crippen molar-refractivity contribution >= 4 is 17.6 Å². The van der Waals surface area contributed by atoms with Crippen molar-refractivity contribution in [3.8, 4) is 0 Å². The lowest BCUT2D eigenvalue weighted by Gasteiger charge is -2.06. The summed E-state index contributed by atoms with van der Waals surface area (Å²) in [5.41, 5.74) is 3.42. The first kappa shape index (κ1) is 13.9. The van der Waals surface area contributed by atoms with Crippen molar-refractivity contribution < 1.29 is 14.7 Å². The minimum atomic E-state index is -1.10. The van der Waals surface area contributed by atoms with Gasteiger partial charge in [0.25, 0.3) is 5.91 Å². The molecule has 1 heterocycles. The third kappa shape index (κ3) is 2.88. The molecule has 5 heteroatoms. The van der Waals surface area contributed by atoms with Crippen molar-refractivity contribution in [2.45, 2.75) is 20.8 Å². The van der Waals surface area contributed by atoms with Gasteiger partial charge in [0.15, 0.2) is 0 Å². The van der Waals surface area contributed by atoms with E-state index in [2.05, 4.69) is 10.3 Å². The monoisotopic (exact) mass is 272 g/mol. The average molecular weight is 272 g/mol. The topological polar surface area (TPSA) is 82.2 Å². The van der Waals surface area contributed by atoms with E-state index in [0.29, 0.717) is 11.3 Å². The molecule has 0 unspecified atom stereocenters. The Morgan fingerprint density at radius 2 is 1.65 bits per heavy atom. The number of amides is 1. The van der Waals surface area contributed by atoms with Crippen molar-refractivity contribution in [1.29, 1.82) is 0 Å². The molecule has 0 saturated carbocycles. The molecule has 1 amide bonds. The fourth-order valence-corrected chi connectivity index (χ4v) is 2.16. The van der Waals surface area contributed by atoms with Crippen LogP contribution in [0.5, 0.6) is 0 Å². The van der Waals surface area contributed by atoms with Gasteiger partial charge in [-0.25, -0.2) is 4.79 Å². The van der Waals surface area contributed by atoms with Gasteiger partial charge in [0.05, 0.1) is 5.69 Å².